The average molecular weight is 382 g/mol. The molecular weight excluding hydrogens is 359 g/mol. The highest BCUT2D eigenvalue weighted by molar-refractivity contribution is 14.1. The molecule has 1 saturated carbocycles. The van der Waals surface area contributed by atoms with E-state index in [1.165, 1.54) is 14.2 Å². The molecule has 5 heteroatoms. The highest BCUT2D eigenvalue weighted by Crippen LogP contribution is 2.54. The first-order chi connectivity index (χ1) is 9.03. The van der Waals surface area contributed by atoms with Crippen molar-refractivity contribution in [2.75, 3.05) is 18.6 Å². The predicted molar refractivity (Wildman–Crippen MR) is 81.0 cm³/mol. The molecule has 0 aromatic carbocycles. The molecule has 4 nitrogen and oxygen atoms in total. The first-order valence-electron chi connectivity index (χ1n) is 6.76. The molecule has 0 aliphatic heterocycles. The minimum Gasteiger partial charge on any atom is -0.468 e. The highest BCUT2D eigenvalue weighted by Gasteiger charge is 2.62. The Labute approximate surface area is 128 Å². The quantitative estimate of drug-likeness (QED) is 0.318. The van der Waals surface area contributed by atoms with Crippen LogP contribution in [0.15, 0.2) is 0 Å². The third-order valence-corrected chi connectivity index (χ3v) is 5.68. The number of methoxy groups -OCH3 is 2. The third-order valence-electron chi connectivity index (χ3n) is 4.55. The van der Waals surface area contributed by atoms with E-state index in [9.17, 15) is 9.59 Å². The highest BCUT2D eigenvalue weighted by atomic mass is 127. The van der Waals surface area contributed by atoms with E-state index in [0.717, 1.165) is 17.3 Å². The van der Waals surface area contributed by atoms with Crippen molar-refractivity contribution in [1.29, 1.82) is 0 Å². The van der Waals surface area contributed by atoms with Crippen LogP contribution in [0.1, 0.15) is 33.1 Å². The number of hydrogen-bond acceptors (Lipinski definition) is 4. The summed E-state index contributed by atoms with van der Waals surface area (Å²) in [5.41, 5.74) is -1.10. The predicted octanol–water partition coefficient (Wildman–Crippen LogP) is 2.83. The van der Waals surface area contributed by atoms with Crippen LogP contribution >= 0.6 is 22.6 Å². The molecule has 1 fully saturated rings. The smallest absolute Gasteiger partial charge is 0.323 e. The monoisotopic (exact) mass is 382 g/mol. The lowest BCUT2D eigenvalue weighted by molar-refractivity contribution is -0.173. The molecule has 0 heterocycles. The van der Waals surface area contributed by atoms with Gasteiger partial charge in [-0.15, -0.1) is 0 Å². The van der Waals surface area contributed by atoms with E-state index in [1.807, 2.05) is 6.92 Å². The Kier molecular flexibility index (Phi) is 6.08. The molecule has 0 bridgehead atoms. The van der Waals surface area contributed by atoms with Crippen molar-refractivity contribution in [3.8, 4) is 0 Å². The Morgan fingerprint density at radius 1 is 1.16 bits per heavy atom. The lowest BCUT2D eigenvalue weighted by atomic mass is 9.73. The van der Waals surface area contributed by atoms with E-state index in [4.69, 9.17) is 9.47 Å². The third kappa shape index (κ3) is 2.62. The van der Waals surface area contributed by atoms with Crippen LogP contribution in [0.4, 0.5) is 0 Å². The van der Waals surface area contributed by atoms with Gasteiger partial charge in [0.15, 0.2) is 5.41 Å². The molecule has 3 atom stereocenters. The average Bonchev–Trinajstić information content (AvgIpc) is 2.79. The van der Waals surface area contributed by atoms with Gasteiger partial charge >= 0.3 is 11.9 Å². The summed E-state index contributed by atoms with van der Waals surface area (Å²) in [6.45, 7) is 4.15. The summed E-state index contributed by atoms with van der Waals surface area (Å²) in [5.74, 6) is -0.111. The van der Waals surface area contributed by atoms with Crippen LogP contribution in [0.25, 0.3) is 0 Å². The van der Waals surface area contributed by atoms with Crippen molar-refractivity contribution in [1.82, 2.24) is 0 Å². The zero-order chi connectivity index (χ0) is 14.6. The molecule has 0 amide bonds. The minimum atomic E-state index is -1.10. The zero-order valence-corrected chi connectivity index (χ0v) is 14.2. The van der Waals surface area contributed by atoms with Gasteiger partial charge in [-0.1, -0.05) is 49.3 Å². The molecule has 1 aliphatic carbocycles. The van der Waals surface area contributed by atoms with Gasteiger partial charge in [-0.05, 0) is 24.2 Å². The minimum absolute atomic E-state index is 0.0113. The molecule has 1 aliphatic rings. The van der Waals surface area contributed by atoms with E-state index in [-0.39, 0.29) is 5.92 Å². The number of ether oxygens (including phenoxy) is 2. The van der Waals surface area contributed by atoms with Gasteiger partial charge in [-0.25, -0.2) is 0 Å². The van der Waals surface area contributed by atoms with E-state index in [1.54, 1.807) is 0 Å². The molecule has 0 aromatic rings. The molecule has 0 spiro atoms. The lowest BCUT2D eigenvalue weighted by Gasteiger charge is -2.31. The zero-order valence-electron chi connectivity index (χ0n) is 12.1. The van der Waals surface area contributed by atoms with Gasteiger partial charge in [0.2, 0.25) is 0 Å². The van der Waals surface area contributed by atoms with Crippen molar-refractivity contribution < 1.29 is 19.1 Å². The number of halogens is 1. The van der Waals surface area contributed by atoms with Gasteiger partial charge in [0.05, 0.1) is 14.2 Å². The summed E-state index contributed by atoms with van der Waals surface area (Å²) in [5, 5.41) is 0. The van der Waals surface area contributed by atoms with E-state index in [2.05, 4.69) is 29.5 Å². The Morgan fingerprint density at radius 2 is 1.68 bits per heavy atom. The van der Waals surface area contributed by atoms with Crippen molar-refractivity contribution in [2.24, 2.45) is 23.2 Å². The summed E-state index contributed by atoms with van der Waals surface area (Å²) in [6.07, 6.45) is 2.31. The van der Waals surface area contributed by atoms with Crippen LogP contribution in [-0.4, -0.2) is 30.6 Å². The molecule has 0 saturated heterocycles. The Bertz CT molecular complexity index is 326. The van der Waals surface area contributed by atoms with E-state index >= 15 is 0 Å². The second kappa shape index (κ2) is 6.90. The maximum Gasteiger partial charge on any atom is 0.323 e. The van der Waals surface area contributed by atoms with E-state index < -0.39 is 17.4 Å². The fourth-order valence-corrected chi connectivity index (χ4v) is 4.73. The lowest BCUT2D eigenvalue weighted by Crippen LogP contribution is -2.45. The fraction of sp³-hybridized carbons (Fsp3) is 0.857. The number of esters is 2. The topological polar surface area (TPSA) is 52.6 Å². The maximum absolute atomic E-state index is 12.3. The summed E-state index contributed by atoms with van der Waals surface area (Å²) in [4.78, 5) is 24.6. The molecule has 19 heavy (non-hydrogen) atoms. The van der Waals surface area contributed by atoms with Gasteiger partial charge in [-0.2, -0.15) is 0 Å². The van der Waals surface area contributed by atoms with Crippen LogP contribution in [0.2, 0.25) is 0 Å². The first kappa shape index (κ1) is 16.7. The van der Waals surface area contributed by atoms with Gasteiger partial charge in [-0.3, -0.25) is 9.59 Å². The van der Waals surface area contributed by atoms with Crippen molar-refractivity contribution in [3.05, 3.63) is 0 Å². The standard InChI is InChI=1S/C14H23IO4/c1-5-10-9(8-15)7-14(11(10)6-2,12(16)18-3)13(17)19-4/h9-11H,5-8H2,1-4H3. The second-order valence-electron chi connectivity index (χ2n) is 5.16. The molecule has 1 rings (SSSR count). The van der Waals surface area contributed by atoms with Crippen molar-refractivity contribution >= 4 is 34.5 Å². The largest absolute Gasteiger partial charge is 0.468 e. The molecule has 3 unspecified atom stereocenters. The molecule has 0 aromatic heterocycles. The summed E-state index contributed by atoms with van der Waals surface area (Å²) >= 11 is 2.34. The van der Waals surface area contributed by atoms with Crippen LogP contribution < -0.4 is 0 Å². The maximum atomic E-state index is 12.3. The van der Waals surface area contributed by atoms with Gasteiger partial charge in [0, 0.05) is 4.43 Å². The molecule has 0 radical (unpaired) electrons. The number of carbonyl (C=O) groups excluding carboxylic acids is 2. The Morgan fingerprint density at radius 3 is 2.00 bits per heavy atom. The van der Waals surface area contributed by atoms with Crippen LogP contribution in [0.5, 0.6) is 0 Å². The van der Waals surface area contributed by atoms with Gasteiger partial charge in [0.25, 0.3) is 0 Å². The summed E-state index contributed by atoms with van der Waals surface area (Å²) < 4.78 is 10.8. The van der Waals surface area contributed by atoms with Gasteiger partial charge in [0.1, 0.15) is 0 Å². The number of rotatable bonds is 5. The van der Waals surface area contributed by atoms with Crippen molar-refractivity contribution in [2.45, 2.75) is 33.1 Å². The SMILES string of the molecule is CCC1C(CI)CC(C(=O)OC)(C(=O)OC)C1CC. The number of hydrogen-bond donors (Lipinski definition) is 0. The van der Waals surface area contributed by atoms with Crippen LogP contribution in [-0.2, 0) is 19.1 Å². The van der Waals surface area contributed by atoms with Gasteiger partial charge < -0.3 is 9.47 Å². The van der Waals surface area contributed by atoms with Crippen LogP contribution in [0, 0.1) is 23.2 Å². The molecular formula is C14H23IO4. The molecule has 110 valence electrons. The van der Waals surface area contributed by atoms with E-state index in [0.29, 0.717) is 18.3 Å². The van der Waals surface area contributed by atoms with Crippen LogP contribution in [0.3, 0.4) is 0 Å². The molecule has 0 N–H and O–H groups in total. The normalized spacial score (nSPS) is 29.0. The first-order valence-corrected chi connectivity index (χ1v) is 8.28. The fourth-order valence-electron chi connectivity index (χ4n) is 3.77. The van der Waals surface area contributed by atoms with Crippen molar-refractivity contribution in [3.63, 3.8) is 0 Å². The Balaban J connectivity index is 3.28. The second-order valence-corrected chi connectivity index (χ2v) is 6.04. The summed E-state index contributed by atoms with van der Waals surface area (Å²) in [6, 6.07) is 0. The number of carbonyl (C=O) groups is 2. The number of alkyl halides is 1. The Hall–Kier alpha value is -0.330. The summed E-state index contributed by atoms with van der Waals surface area (Å²) in [7, 11) is 2.69.